The van der Waals surface area contributed by atoms with E-state index in [0.717, 1.165) is 22.9 Å². The number of hydrogen-bond acceptors (Lipinski definition) is 6. The van der Waals surface area contributed by atoms with Crippen molar-refractivity contribution >= 4 is 23.6 Å². The summed E-state index contributed by atoms with van der Waals surface area (Å²) in [4.78, 5) is 31.4. The molecule has 0 radical (unpaired) electrons. The molecule has 7 nitrogen and oxygen atoms in total. The second kappa shape index (κ2) is 8.57. The number of carbonyl (C=O) groups excluding carboxylic acids is 1. The molecule has 0 saturated heterocycles. The fourth-order valence-electron chi connectivity index (χ4n) is 2.71. The van der Waals surface area contributed by atoms with E-state index in [0.29, 0.717) is 16.4 Å². The number of aromatic nitrogens is 3. The number of anilines is 1. The molecule has 2 N–H and O–H groups in total. The van der Waals surface area contributed by atoms with Crippen molar-refractivity contribution in [1.29, 1.82) is 0 Å². The standard InChI is InChI=1S/C21H16N4O3S/c26-18-11-17(15-9-5-2-6-10-15)23-21(25-18)29-13-19(27)24-20-16(12-22-28-20)14-7-3-1-4-8-14/h1-12H,13H2,(H,24,27)(H,23,25,26). The zero-order valence-electron chi connectivity index (χ0n) is 15.2. The van der Waals surface area contributed by atoms with Crippen molar-refractivity contribution in [2.45, 2.75) is 5.16 Å². The van der Waals surface area contributed by atoms with Crippen LogP contribution in [0.15, 0.2) is 87.4 Å². The number of nitrogens with zero attached hydrogens (tertiary/aromatic N) is 2. The summed E-state index contributed by atoms with van der Waals surface area (Å²) in [5, 5.41) is 6.85. The van der Waals surface area contributed by atoms with Gasteiger partial charge in [-0.15, -0.1) is 0 Å². The Bertz CT molecular complexity index is 1170. The molecular formula is C21H16N4O3S. The Morgan fingerprint density at radius 2 is 1.72 bits per heavy atom. The number of benzene rings is 2. The highest BCUT2D eigenvalue weighted by molar-refractivity contribution is 7.99. The van der Waals surface area contributed by atoms with E-state index >= 15 is 0 Å². The molecule has 0 unspecified atom stereocenters. The van der Waals surface area contributed by atoms with Gasteiger partial charge >= 0.3 is 0 Å². The molecule has 2 aromatic carbocycles. The Morgan fingerprint density at radius 1 is 1.03 bits per heavy atom. The third kappa shape index (κ3) is 4.61. The molecule has 4 rings (SSSR count). The summed E-state index contributed by atoms with van der Waals surface area (Å²) in [6.45, 7) is 0. The van der Waals surface area contributed by atoms with Crippen LogP contribution >= 0.6 is 11.8 Å². The minimum absolute atomic E-state index is 0.0517. The van der Waals surface area contributed by atoms with Crippen molar-refractivity contribution in [2.75, 3.05) is 11.1 Å². The first kappa shape index (κ1) is 18.7. The average Bonchev–Trinajstić information content (AvgIpc) is 3.21. The molecule has 0 aliphatic rings. The lowest BCUT2D eigenvalue weighted by Gasteiger charge is -2.05. The lowest BCUT2D eigenvalue weighted by Crippen LogP contribution is -2.15. The zero-order chi connectivity index (χ0) is 20.1. The van der Waals surface area contributed by atoms with Gasteiger partial charge in [0.25, 0.3) is 5.56 Å². The number of aromatic amines is 1. The van der Waals surface area contributed by atoms with Crippen molar-refractivity contribution in [1.82, 2.24) is 15.1 Å². The summed E-state index contributed by atoms with van der Waals surface area (Å²) in [7, 11) is 0. The third-order valence-electron chi connectivity index (χ3n) is 4.04. The van der Waals surface area contributed by atoms with Crippen LogP contribution in [0.2, 0.25) is 0 Å². The number of hydrogen-bond donors (Lipinski definition) is 2. The summed E-state index contributed by atoms with van der Waals surface area (Å²) < 4.78 is 5.17. The van der Waals surface area contributed by atoms with Gasteiger partial charge in [-0.2, -0.15) is 0 Å². The Labute approximate surface area is 170 Å². The van der Waals surface area contributed by atoms with E-state index in [-0.39, 0.29) is 23.1 Å². The summed E-state index contributed by atoms with van der Waals surface area (Å²) in [6, 6.07) is 20.3. The first-order valence-corrected chi connectivity index (χ1v) is 9.77. The predicted molar refractivity (Wildman–Crippen MR) is 112 cm³/mol. The van der Waals surface area contributed by atoms with E-state index in [2.05, 4.69) is 20.4 Å². The van der Waals surface area contributed by atoms with Gasteiger partial charge in [-0.3, -0.25) is 14.9 Å². The largest absolute Gasteiger partial charge is 0.338 e. The Kier molecular flexibility index (Phi) is 5.53. The van der Waals surface area contributed by atoms with Crippen molar-refractivity contribution in [3.63, 3.8) is 0 Å². The van der Waals surface area contributed by atoms with Gasteiger partial charge in [-0.1, -0.05) is 77.6 Å². The van der Waals surface area contributed by atoms with E-state index in [4.69, 9.17) is 4.52 Å². The fourth-order valence-corrected chi connectivity index (χ4v) is 3.39. The number of amides is 1. The summed E-state index contributed by atoms with van der Waals surface area (Å²) in [5.41, 5.74) is 2.70. The minimum atomic E-state index is -0.295. The van der Waals surface area contributed by atoms with Crippen LogP contribution in [0.1, 0.15) is 0 Å². The molecule has 144 valence electrons. The molecule has 0 bridgehead atoms. The highest BCUT2D eigenvalue weighted by Crippen LogP contribution is 2.27. The van der Waals surface area contributed by atoms with Crippen LogP contribution in [0.3, 0.4) is 0 Å². The number of H-pyrrole nitrogens is 1. The van der Waals surface area contributed by atoms with E-state index < -0.39 is 0 Å². The van der Waals surface area contributed by atoms with Crippen molar-refractivity contribution in [2.24, 2.45) is 0 Å². The molecule has 1 amide bonds. The van der Waals surface area contributed by atoms with Crippen LogP contribution in [0.5, 0.6) is 0 Å². The van der Waals surface area contributed by atoms with Crippen molar-refractivity contribution in [3.8, 4) is 22.4 Å². The van der Waals surface area contributed by atoms with Gasteiger partial charge < -0.3 is 9.51 Å². The van der Waals surface area contributed by atoms with Gasteiger partial charge in [0.2, 0.25) is 11.8 Å². The van der Waals surface area contributed by atoms with Gasteiger partial charge in [0.15, 0.2) is 5.16 Å². The maximum atomic E-state index is 12.4. The molecule has 0 aliphatic carbocycles. The van der Waals surface area contributed by atoms with Gasteiger partial charge in [0.1, 0.15) is 0 Å². The van der Waals surface area contributed by atoms with E-state index in [1.54, 1.807) is 6.20 Å². The van der Waals surface area contributed by atoms with Crippen LogP contribution in [0.4, 0.5) is 5.88 Å². The molecule has 2 aromatic heterocycles. The predicted octanol–water partition coefficient (Wildman–Crippen LogP) is 3.82. The van der Waals surface area contributed by atoms with Crippen molar-refractivity contribution in [3.05, 3.63) is 83.3 Å². The summed E-state index contributed by atoms with van der Waals surface area (Å²) >= 11 is 1.13. The lowest BCUT2D eigenvalue weighted by molar-refractivity contribution is -0.113. The molecule has 0 atom stereocenters. The monoisotopic (exact) mass is 404 g/mol. The van der Waals surface area contributed by atoms with Crippen LogP contribution < -0.4 is 10.9 Å². The van der Waals surface area contributed by atoms with Crippen molar-refractivity contribution < 1.29 is 9.32 Å². The Morgan fingerprint density at radius 3 is 2.45 bits per heavy atom. The molecular weight excluding hydrogens is 388 g/mol. The Balaban J connectivity index is 1.44. The maximum Gasteiger partial charge on any atom is 0.252 e. The Hall–Kier alpha value is -3.65. The molecule has 29 heavy (non-hydrogen) atoms. The van der Waals surface area contributed by atoms with E-state index in [1.807, 2.05) is 60.7 Å². The molecule has 8 heteroatoms. The molecule has 0 saturated carbocycles. The topological polar surface area (TPSA) is 101 Å². The van der Waals surface area contributed by atoms with E-state index in [1.165, 1.54) is 6.07 Å². The van der Waals surface area contributed by atoms with Crippen LogP contribution in [0.25, 0.3) is 22.4 Å². The van der Waals surface area contributed by atoms with Gasteiger partial charge in [-0.25, -0.2) is 4.98 Å². The second-order valence-electron chi connectivity index (χ2n) is 6.07. The first-order chi connectivity index (χ1) is 14.2. The number of thioether (sulfide) groups is 1. The normalized spacial score (nSPS) is 10.6. The third-order valence-corrected chi connectivity index (χ3v) is 4.91. The van der Waals surface area contributed by atoms with Crippen LogP contribution in [-0.4, -0.2) is 26.8 Å². The van der Waals surface area contributed by atoms with Crippen LogP contribution in [0, 0.1) is 0 Å². The van der Waals surface area contributed by atoms with Crippen LogP contribution in [-0.2, 0) is 4.79 Å². The van der Waals surface area contributed by atoms with Gasteiger partial charge in [0, 0.05) is 11.6 Å². The zero-order valence-corrected chi connectivity index (χ0v) is 16.0. The second-order valence-corrected chi connectivity index (χ2v) is 7.04. The average molecular weight is 404 g/mol. The van der Waals surface area contributed by atoms with Gasteiger partial charge in [-0.05, 0) is 5.56 Å². The quantitative estimate of drug-likeness (QED) is 0.374. The molecule has 0 aliphatic heterocycles. The molecule has 0 spiro atoms. The summed E-state index contributed by atoms with van der Waals surface area (Å²) in [5.74, 6) is 0.0359. The number of rotatable bonds is 6. The highest BCUT2D eigenvalue weighted by atomic mass is 32.2. The first-order valence-electron chi connectivity index (χ1n) is 8.78. The fraction of sp³-hybridized carbons (Fsp3) is 0.0476. The molecule has 0 fully saturated rings. The maximum absolute atomic E-state index is 12.4. The smallest absolute Gasteiger partial charge is 0.252 e. The number of nitrogens with one attached hydrogen (secondary N) is 2. The van der Waals surface area contributed by atoms with E-state index in [9.17, 15) is 9.59 Å². The summed E-state index contributed by atoms with van der Waals surface area (Å²) in [6.07, 6.45) is 1.56. The molecule has 2 heterocycles. The molecule has 4 aromatic rings. The van der Waals surface area contributed by atoms with Gasteiger partial charge in [0.05, 0.1) is 23.2 Å². The SMILES string of the molecule is O=C(CSc1nc(-c2ccccc2)cc(=O)[nH]1)Nc1oncc1-c1ccccc1. The highest BCUT2D eigenvalue weighted by Gasteiger charge is 2.14. The lowest BCUT2D eigenvalue weighted by atomic mass is 10.1. The minimum Gasteiger partial charge on any atom is -0.338 e. The number of carbonyl (C=O) groups is 1.